The van der Waals surface area contributed by atoms with Crippen molar-refractivity contribution in [1.82, 2.24) is 4.37 Å². The van der Waals surface area contributed by atoms with Gasteiger partial charge in [0.1, 0.15) is 9.90 Å². The largest absolute Gasteiger partial charge is 0.382 e. The summed E-state index contributed by atoms with van der Waals surface area (Å²) < 4.78 is 28.9. The molecule has 2 rings (SSSR count). The maximum atomic E-state index is 12.4. The zero-order valence-electron chi connectivity index (χ0n) is 12.1. The quantitative estimate of drug-likeness (QED) is 0.835. The molecule has 0 bridgehead atoms. The lowest BCUT2D eigenvalue weighted by molar-refractivity contribution is 0.595. The Balaban J connectivity index is 2.39. The Labute approximate surface area is 133 Å². The molecular formula is C13H19N3O2S3. The molecule has 0 aliphatic heterocycles. The molecule has 0 radical (unpaired) electrons. The number of rotatable bonds is 7. The molecule has 0 atom stereocenters. The van der Waals surface area contributed by atoms with Gasteiger partial charge < -0.3 is 10.6 Å². The van der Waals surface area contributed by atoms with E-state index >= 15 is 0 Å². The topological polar surface area (TPSA) is 76.3 Å². The van der Waals surface area contributed by atoms with Crippen molar-refractivity contribution in [3.63, 3.8) is 0 Å². The van der Waals surface area contributed by atoms with Crippen molar-refractivity contribution in [2.75, 3.05) is 22.9 Å². The van der Waals surface area contributed by atoms with Crippen molar-refractivity contribution in [2.45, 2.75) is 31.7 Å². The molecule has 0 spiro atoms. The number of nitrogens with zero attached hydrogens (tertiary/aromatic N) is 2. The molecule has 0 aliphatic carbocycles. The maximum Gasteiger partial charge on any atom is 0.185 e. The van der Waals surface area contributed by atoms with E-state index in [4.69, 9.17) is 5.73 Å². The van der Waals surface area contributed by atoms with Crippen LogP contribution < -0.4 is 10.6 Å². The van der Waals surface area contributed by atoms with Crippen molar-refractivity contribution >= 4 is 43.5 Å². The normalized spacial score (nSPS) is 11.7. The molecule has 116 valence electrons. The number of hydrogen-bond acceptors (Lipinski definition) is 7. The van der Waals surface area contributed by atoms with Gasteiger partial charge in [0.2, 0.25) is 0 Å². The zero-order valence-corrected chi connectivity index (χ0v) is 14.5. The Bertz CT molecular complexity index is 678. The summed E-state index contributed by atoms with van der Waals surface area (Å²) in [5, 5.41) is 2.66. The van der Waals surface area contributed by atoms with Gasteiger partial charge in [0.05, 0.1) is 12.3 Å². The molecule has 0 unspecified atom stereocenters. The Kier molecular flexibility index (Phi) is 5.23. The van der Waals surface area contributed by atoms with E-state index in [0.29, 0.717) is 24.5 Å². The smallest absolute Gasteiger partial charge is 0.185 e. The molecular weight excluding hydrogens is 326 g/mol. The third-order valence-corrected chi connectivity index (χ3v) is 6.92. The van der Waals surface area contributed by atoms with Gasteiger partial charge in [-0.25, -0.2) is 8.42 Å². The number of hydrogen-bond donors (Lipinski definition) is 1. The Morgan fingerprint density at radius 2 is 2.14 bits per heavy atom. The van der Waals surface area contributed by atoms with Gasteiger partial charge in [-0.3, -0.25) is 0 Å². The number of anilines is 2. The molecule has 0 aliphatic rings. The van der Waals surface area contributed by atoms with Crippen LogP contribution in [0.2, 0.25) is 0 Å². The summed E-state index contributed by atoms with van der Waals surface area (Å²) in [6, 6.07) is 4.03. The maximum absolute atomic E-state index is 12.4. The minimum Gasteiger partial charge on any atom is -0.382 e. The lowest BCUT2D eigenvalue weighted by Crippen LogP contribution is -2.23. The molecule has 0 fully saturated rings. The predicted molar refractivity (Wildman–Crippen MR) is 89.9 cm³/mol. The standard InChI is InChI=1S/C13H19N3O2S3/c1-3-8-21(17,18)11-12(14)15-20-13(11)16(4-2)9-10-6-5-7-19-10/h5-7H,3-4,8-9H2,1-2H3,(H2,14,15). The van der Waals surface area contributed by atoms with E-state index in [-0.39, 0.29) is 16.5 Å². The highest BCUT2D eigenvalue weighted by Crippen LogP contribution is 2.36. The van der Waals surface area contributed by atoms with E-state index in [1.165, 1.54) is 4.88 Å². The Morgan fingerprint density at radius 1 is 1.38 bits per heavy atom. The number of sulfone groups is 1. The SMILES string of the molecule is CCCS(=O)(=O)c1c(N)nsc1N(CC)Cc1cccs1. The highest BCUT2D eigenvalue weighted by molar-refractivity contribution is 7.91. The molecule has 8 heteroatoms. The molecule has 2 aromatic rings. The first-order valence-corrected chi connectivity index (χ1v) is 10.0. The molecule has 2 N–H and O–H groups in total. The molecule has 0 aromatic carbocycles. The molecule has 2 aromatic heterocycles. The van der Waals surface area contributed by atoms with Crippen LogP contribution in [0.4, 0.5) is 10.8 Å². The zero-order chi connectivity index (χ0) is 15.5. The molecule has 0 saturated carbocycles. The summed E-state index contributed by atoms with van der Waals surface area (Å²) in [4.78, 5) is 3.40. The molecule has 0 amide bonds. The van der Waals surface area contributed by atoms with E-state index < -0.39 is 9.84 Å². The van der Waals surface area contributed by atoms with Gasteiger partial charge in [0.25, 0.3) is 0 Å². The molecule has 2 heterocycles. The second-order valence-electron chi connectivity index (χ2n) is 4.61. The lowest BCUT2D eigenvalue weighted by atomic mass is 10.4. The summed E-state index contributed by atoms with van der Waals surface area (Å²) in [5.74, 6) is 0.215. The predicted octanol–water partition coefficient (Wildman–Crippen LogP) is 3.00. The number of nitrogen functional groups attached to an aromatic ring is 1. The van der Waals surface area contributed by atoms with E-state index in [1.807, 2.05) is 36.3 Å². The minimum atomic E-state index is -3.38. The summed E-state index contributed by atoms with van der Waals surface area (Å²) in [6.07, 6.45) is 0.564. The van der Waals surface area contributed by atoms with Crippen molar-refractivity contribution in [3.8, 4) is 0 Å². The van der Waals surface area contributed by atoms with E-state index in [9.17, 15) is 8.42 Å². The van der Waals surface area contributed by atoms with Gasteiger partial charge in [-0.15, -0.1) is 11.3 Å². The second kappa shape index (κ2) is 6.76. The van der Waals surface area contributed by atoms with Gasteiger partial charge in [-0.05, 0) is 36.3 Å². The molecule has 5 nitrogen and oxygen atoms in total. The van der Waals surface area contributed by atoms with Crippen LogP contribution in [0, 0.1) is 0 Å². The monoisotopic (exact) mass is 345 g/mol. The van der Waals surface area contributed by atoms with Crippen molar-refractivity contribution < 1.29 is 8.42 Å². The summed E-state index contributed by atoms with van der Waals surface area (Å²) in [5.41, 5.74) is 5.82. The van der Waals surface area contributed by atoms with Crippen molar-refractivity contribution in [1.29, 1.82) is 0 Å². The van der Waals surface area contributed by atoms with Crippen LogP contribution in [-0.2, 0) is 16.4 Å². The van der Waals surface area contributed by atoms with E-state index in [0.717, 1.165) is 11.5 Å². The summed E-state index contributed by atoms with van der Waals surface area (Å²) in [7, 11) is -3.38. The average Bonchev–Trinajstić information content (AvgIpc) is 3.05. The molecule has 0 saturated heterocycles. The minimum absolute atomic E-state index is 0.0964. The highest BCUT2D eigenvalue weighted by atomic mass is 32.2. The Hall–Kier alpha value is -1.12. The fraction of sp³-hybridized carbons (Fsp3) is 0.462. The summed E-state index contributed by atoms with van der Waals surface area (Å²) >= 11 is 2.81. The van der Waals surface area contributed by atoms with Crippen LogP contribution in [0.5, 0.6) is 0 Å². The van der Waals surface area contributed by atoms with Gasteiger partial charge in [0.15, 0.2) is 15.7 Å². The average molecular weight is 346 g/mol. The number of aromatic nitrogens is 1. The van der Waals surface area contributed by atoms with Crippen LogP contribution in [0.3, 0.4) is 0 Å². The number of thiophene rings is 1. The highest BCUT2D eigenvalue weighted by Gasteiger charge is 2.27. The van der Waals surface area contributed by atoms with Crippen LogP contribution in [0.1, 0.15) is 25.1 Å². The van der Waals surface area contributed by atoms with Gasteiger partial charge >= 0.3 is 0 Å². The first-order chi connectivity index (χ1) is 9.99. The van der Waals surface area contributed by atoms with Crippen molar-refractivity contribution in [3.05, 3.63) is 22.4 Å². The van der Waals surface area contributed by atoms with E-state index in [2.05, 4.69) is 4.37 Å². The van der Waals surface area contributed by atoms with Gasteiger partial charge in [0, 0.05) is 11.4 Å². The van der Waals surface area contributed by atoms with Gasteiger partial charge in [-0.2, -0.15) is 4.37 Å². The first kappa shape index (κ1) is 16.3. The van der Waals surface area contributed by atoms with Crippen LogP contribution in [0.15, 0.2) is 22.4 Å². The third-order valence-electron chi connectivity index (χ3n) is 3.04. The fourth-order valence-corrected chi connectivity index (χ4v) is 5.61. The van der Waals surface area contributed by atoms with Gasteiger partial charge in [-0.1, -0.05) is 13.0 Å². The first-order valence-electron chi connectivity index (χ1n) is 6.74. The van der Waals surface area contributed by atoms with Crippen molar-refractivity contribution in [2.24, 2.45) is 0 Å². The fourth-order valence-electron chi connectivity index (χ4n) is 2.07. The van der Waals surface area contributed by atoms with Crippen LogP contribution in [0.25, 0.3) is 0 Å². The third kappa shape index (κ3) is 3.56. The second-order valence-corrected chi connectivity index (χ2v) is 8.44. The van der Waals surface area contributed by atoms with E-state index in [1.54, 1.807) is 11.3 Å². The molecule has 21 heavy (non-hydrogen) atoms. The Morgan fingerprint density at radius 3 is 2.71 bits per heavy atom. The lowest BCUT2D eigenvalue weighted by Gasteiger charge is -2.21. The number of nitrogens with two attached hydrogens (primary N) is 1. The van der Waals surface area contributed by atoms with Crippen LogP contribution in [-0.4, -0.2) is 25.1 Å². The summed E-state index contributed by atoms with van der Waals surface area (Å²) in [6.45, 7) is 5.22. The van der Waals surface area contributed by atoms with Crippen LogP contribution >= 0.6 is 22.9 Å².